The molecule has 4 heteroatoms. The molecule has 1 rings (SSSR count). The number of hydrogen-bond acceptors (Lipinski definition) is 2. The molecule has 0 saturated carbocycles. The molecular formula is C16H22N2O2. The fraction of sp³-hybridized carbons (Fsp3) is 0.375. The van der Waals surface area contributed by atoms with Gasteiger partial charge in [0.15, 0.2) is 0 Å². The Hall–Kier alpha value is -2.10. The Kier molecular flexibility index (Phi) is 5.08. The molecule has 1 aromatic carbocycles. The van der Waals surface area contributed by atoms with Crippen LogP contribution in [0.5, 0.6) is 0 Å². The third kappa shape index (κ3) is 4.23. The van der Waals surface area contributed by atoms with E-state index in [2.05, 4.69) is 5.43 Å². The van der Waals surface area contributed by atoms with Gasteiger partial charge in [-0.3, -0.25) is 15.0 Å². The summed E-state index contributed by atoms with van der Waals surface area (Å²) in [5.74, 6) is -0.539. The van der Waals surface area contributed by atoms with Gasteiger partial charge in [-0.2, -0.15) is 0 Å². The summed E-state index contributed by atoms with van der Waals surface area (Å²) in [6.45, 7) is 9.28. The van der Waals surface area contributed by atoms with Gasteiger partial charge in [-0.25, -0.2) is 5.01 Å². The first-order valence-corrected chi connectivity index (χ1v) is 6.60. The van der Waals surface area contributed by atoms with Gasteiger partial charge in [-0.05, 0) is 46.8 Å². The lowest BCUT2D eigenvalue weighted by Gasteiger charge is -2.34. The maximum absolute atomic E-state index is 12.2. The van der Waals surface area contributed by atoms with Gasteiger partial charge in [0.05, 0.1) is 5.54 Å². The van der Waals surface area contributed by atoms with Gasteiger partial charge in [0, 0.05) is 11.6 Å². The average Bonchev–Trinajstić information content (AvgIpc) is 2.34. The summed E-state index contributed by atoms with van der Waals surface area (Å²) in [6, 6.07) is 7.25. The Balaban J connectivity index is 2.96. The highest BCUT2D eigenvalue weighted by Crippen LogP contribution is 2.12. The minimum Gasteiger partial charge on any atom is -0.268 e. The van der Waals surface area contributed by atoms with E-state index in [1.165, 1.54) is 11.1 Å². The molecule has 2 amide bonds. The molecule has 0 heterocycles. The molecule has 4 nitrogen and oxygen atoms in total. The predicted octanol–water partition coefficient (Wildman–Crippen LogP) is 2.84. The fourth-order valence-corrected chi connectivity index (χ4v) is 1.72. The van der Waals surface area contributed by atoms with E-state index < -0.39 is 5.54 Å². The van der Waals surface area contributed by atoms with Gasteiger partial charge < -0.3 is 0 Å². The number of rotatable bonds is 2. The van der Waals surface area contributed by atoms with Gasteiger partial charge in [-0.1, -0.05) is 23.8 Å². The predicted molar refractivity (Wildman–Crippen MR) is 80.1 cm³/mol. The normalized spacial score (nSPS) is 11.4. The van der Waals surface area contributed by atoms with Crippen LogP contribution >= 0.6 is 0 Å². The fourth-order valence-electron chi connectivity index (χ4n) is 1.72. The van der Waals surface area contributed by atoms with E-state index in [0.717, 1.165) is 5.56 Å². The topological polar surface area (TPSA) is 49.4 Å². The second kappa shape index (κ2) is 6.37. The van der Waals surface area contributed by atoms with Crippen LogP contribution in [0.4, 0.5) is 0 Å². The van der Waals surface area contributed by atoms with Crippen molar-refractivity contribution in [2.45, 2.75) is 40.2 Å². The Morgan fingerprint density at radius 2 is 1.90 bits per heavy atom. The Morgan fingerprint density at radius 3 is 2.40 bits per heavy atom. The van der Waals surface area contributed by atoms with Crippen LogP contribution in [0.25, 0.3) is 0 Å². The van der Waals surface area contributed by atoms with Gasteiger partial charge in [0.2, 0.25) is 0 Å². The highest BCUT2D eigenvalue weighted by molar-refractivity contribution is 5.97. The summed E-state index contributed by atoms with van der Waals surface area (Å²) >= 11 is 0. The summed E-state index contributed by atoms with van der Waals surface area (Å²) in [5.41, 5.74) is 3.71. The molecule has 1 aromatic rings. The molecule has 0 fully saturated rings. The van der Waals surface area contributed by atoms with Crippen LogP contribution in [0, 0.1) is 6.92 Å². The van der Waals surface area contributed by atoms with Crippen LogP contribution in [0.15, 0.2) is 36.4 Å². The number of nitrogens with zero attached hydrogens (tertiary/aromatic N) is 1. The van der Waals surface area contributed by atoms with Gasteiger partial charge in [0.25, 0.3) is 11.8 Å². The first kappa shape index (κ1) is 16.0. The largest absolute Gasteiger partial charge is 0.269 e. The zero-order chi connectivity index (χ0) is 15.3. The van der Waals surface area contributed by atoms with Gasteiger partial charge in [-0.15, -0.1) is 0 Å². The van der Waals surface area contributed by atoms with Crippen LogP contribution in [0.1, 0.15) is 43.6 Å². The molecular weight excluding hydrogens is 252 g/mol. The summed E-state index contributed by atoms with van der Waals surface area (Å²) in [7, 11) is 0. The van der Waals surface area contributed by atoms with E-state index >= 15 is 0 Å². The standard InChI is InChI=1S/C16H22N2O2/c1-6-8-14(19)18(16(3,4)5)17-15(20)13-10-7-9-12(2)11-13/h6-11H,1-5H3,(H,17,20)/b8-6-. The number of amides is 2. The average molecular weight is 274 g/mol. The maximum Gasteiger partial charge on any atom is 0.269 e. The molecule has 108 valence electrons. The van der Waals surface area contributed by atoms with E-state index in [1.807, 2.05) is 39.8 Å². The third-order valence-electron chi connectivity index (χ3n) is 2.69. The molecule has 0 saturated heterocycles. The smallest absolute Gasteiger partial charge is 0.268 e. The minimum absolute atomic E-state index is 0.249. The van der Waals surface area contributed by atoms with Crippen molar-refractivity contribution in [3.05, 3.63) is 47.5 Å². The first-order chi connectivity index (χ1) is 9.25. The molecule has 0 aromatic heterocycles. The van der Waals surface area contributed by atoms with Crippen molar-refractivity contribution in [1.29, 1.82) is 0 Å². The monoisotopic (exact) mass is 274 g/mol. The molecule has 0 aliphatic carbocycles. The number of hydrazine groups is 1. The summed E-state index contributed by atoms with van der Waals surface area (Å²) < 4.78 is 0. The molecule has 1 N–H and O–H groups in total. The lowest BCUT2D eigenvalue weighted by molar-refractivity contribution is -0.133. The summed E-state index contributed by atoms with van der Waals surface area (Å²) in [5, 5.41) is 1.34. The Labute approximate surface area is 120 Å². The number of carbonyl (C=O) groups excluding carboxylic acids is 2. The van der Waals surface area contributed by atoms with Crippen molar-refractivity contribution in [2.75, 3.05) is 0 Å². The summed E-state index contributed by atoms with van der Waals surface area (Å²) in [6.07, 6.45) is 3.08. The SMILES string of the molecule is C/C=C\C(=O)N(NC(=O)c1cccc(C)c1)C(C)(C)C. The lowest BCUT2D eigenvalue weighted by atomic mass is 10.1. The Bertz CT molecular complexity index is 528. The third-order valence-corrected chi connectivity index (χ3v) is 2.69. The van der Waals surface area contributed by atoms with Gasteiger partial charge >= 0.3 is 0 Å². The zero-order valence-electron chi connectivity index (χ0n) is 12.7. The van der Waals surface area contributed by atoms with E-state index in [4.69, 9.17) is 0 Å². The molecule has 0 atom stereocenters. The van der Waals surface area contributed by atoms with Crippen molar-refractivity contribution < 1.29 is 9.59 Å². The lowest BCUT2D eigenvalue weighted by Crippen LogP contribution is -2.55. The minimum atomic E-state index is -0.504. The maximum atomic E-state index is 12.2. The number of nitrogens with one attached hydrogen (secondary N) is 1. The van der Waals surface area contributed by atoms with Crippen molar-refractivity contribution in [3.8, 4) is 0 Å². The number of allylic oxidation sites excluding steroid dienone is 1. The number of aryl methyl sites for hydroxylation is 1. The molecule has 20 heavy (non-hydrogen) atoms. The molecule has 0 unspecified atom stereocenters. The summed E-state index contributed by atoms with van der Waals surface area (Å²) in [4.78, 5) is 24.3. The first-order valence-electron chi connectivity index (χ1n) is 6.60. The van der Waals surface area contributed by atoms with Crippen LogP contribution in [0.3, 0.4) is 0 Å². The van der Waals surface area contributed by atoms with Crippen molar-refractivity contribution in [3.63, 3.8) is 0 Å². The van der Waals surface area contributed by atoms with Crippen molar-refractivity contribution in [1.82, 2.24) is 10.4 Å². The van der Waals surface area contributed by atoms with Crippen LogP contribution in [-0.4, -0.2) is 22.4 Å². The van der Waals surface area contributed by atoms with Crippen LogP contribution in [-0.2, 0) is 4.79 Å². The molecule has 0 bridgehead atoms. The number of hydrogen-bond donors (Lipinski definition) is 1. The zero-order valence-corrected chi connectivity index (χ0v) is 12.7. The van der Waals surface area contributed by atoms with Crippen LogP contribution < -0.4 is 5.43 Å². The van der Waals surface area contributed by atoms with E-state index in [1.54, 1.807) is 25.1 Å². The van der Waals surface area contributed by atoms with E-state index in [0.29, 0.717) is 5.56 Å². The second-order valence-corrected chi connectivity index (χ2v) is 5.65. The van der Waals surface area contributed by atoms with Gasteiger partial charge in [0.1, 0.15) is 0 Å². The molecule has 0 spiro atoms. The van der Waals surface area contributed by atoms with Crippen LogP contribution in [0.2, 0.25) is 0 Å². The molecule has 0 aliphatic rings. The van der Waals surface area contributed by atoms with E-state index in [9.17, 15) is 9.59 Å². The quantitative estimate of drug-likeness (QED) is 0.666. The second-order valence-electron chi connectivity index (χ2n) is 5.65. The number of carbonyl (C=O) groups is 2. The highest BCUT2D eigenvalue weighted by Gasteiger charge is 2.27. The molecule has 0 aliphatic heterocycles. The van der Waals surface area contributed by atoms with Crippen molar-refractivity contribution >= 4 is 11.8 Å². The Morgan fingerprint density at radius 1 is 1.25 bits per heavy atom. The highest BCUT2D eigenvalue weighted by atomic mass is 16.2. The van der Waals surface area contributed by atoms with E-state index in [-0.39, 0.29) is 11.8 Å². The molecule has 0 radical (unpaired) electrons. The number of benzene rings is 1. The van der Waals surface area contributed by atoms with Crippen molar-refractivity contribution in [2.24, 2.45) is 0 Å².